The monoisotopic (exact) mass is 318 g/mol. The summed E-state index contributed by atoms with van der Waals surface area (Å²) in [5.41, 5.74) is 0.661. The van der Waals surface area contributed by atoms with Crippen LogP contribution in [0.15, 0.2) is 39.5 Å². The van der Waals surface area contributed by atoms with Crippen LogP contribution < -0.4 is 5.56 Å². The molecule has 3 rings (SSSR count). The summed E-state index contributed by atoms with van der Waals surface area (Å²) < 4.78 is 1.87. The van der Waals surface area contributed by atoms with E-state index in [0.717, 1.165) is 0 Å². The fraction of sp³-hybridized carbons (Fsp3) is 0.154. The van der Waals surface area contributed by atoms with Gasteiger partial charge in [-0.25, -0.2) is 0 Å². The molecule has 2 aromatic heterocycles. The van der Waals surface area contributed by atoms with Crippen molar-refractivity contribution in [1.82, 2.24) is 19.8 Å². The van der Waals surface area contributed by atoms with Gasteiger partial charge >= 0.3 is 5.56 Å². The van der Waals surface area contributed by atoms with Gasteiger partial charge < -0.3 is 0 Å². The summed E-state index contributed by atoms with van der Waals surface area (Å²) in [7, 11) is 0. The van der Waals surface area contributed by atoms with Gasteiger partial charge in [0.15, 0.2) is 10.0 Å². The Morgan fingerprint density at radius 1 is 1.29 bits per heavy atom. The van der Waals surface area contributed by atoms with Crippen LogP contribution in [0.4, 0.5) is 0 Å². The minimum Gasteiger partial charge on any atom is -0.299 e. The number of carbonyl (C=O) groups excluding carboxylic acids is 1. The Labute approximate surface area is 127 Å². The topological polar surface area (TPSA) is 77.2 Å². The van der Waals surface area contributed by atoms with Crippen molar-refractivity contribution in [2.45, 2.75) is 11.3 Å². The van der Waals surface area contributed by atoms with Crippen LogP contribution >= 0.6 is 23.1 Å². The van der Waals surface area contributed by atoms with Crippen molar-refractivity contribution >= 4 is 33.8 Å². The highest BCUT2D eigenvalue weighted by molar-refractivity contribution is 8.01. The fourth-order valence-electron chi connectivity index (χ4n) is 1.70. The molecular weight excluding hydrogens is 308 g/mol. The maximum absolute atomic E-state index is 12.4. The molecule has 0 spiro atoms. The van der Waals surface area contributed by atoms with Gasteiger partial charge in [-0.2, -0.15) is 4.52 Å². The van der Waals surface area contributed by atoms with E-state index >= 15 is 0 Å². The van der Waals surface area contributed by atoms with Gasteiger partial charge in [0.25, 0.3) is 0 Å². The third-order valence-electron chi connectivity index (χ3n) is 2.62. The van der Waals surface area contributed by atoms with Crippen LogP contribution in [0.25, 0.3) is 16.2 Å². The van der Waals surface area contributed by atoms with Crippen molar-refractivity contribution in [1.29, 1.82) is 0 Å². The lowest BCUT2D eigenvalue weighted by Crippen LogP contribution is -2.19. The fourth-order valence-corrected chi connectivity index (χ4v) is 3.37. The van der Waals surface area contributed by atoms with Gasteiger partial charge in [0, 0.05) is 5.56 Å². The van der Waals surface area contributed by atoms with Crippen LogP contribution in [0, 0.1) is 0 Å². The molecule has 0 bridgehead atoms. The quantitative estimate of drug-likeness (QED) is 0.684. The van der Waals surface area contributed by atoms with E-state index in [1.54, 1.807) is 12.1 Å². The molecule has 21 heavy (non-hydrogen) atoms. The normalized spacial score (nSPS) is 10.9. The van der Waals surface area contributed by atoms with Gasteiger partial charge in [-0.15, -0.1) is 15.3 Å². The molecule has 0 radical (unpaired) electrons. The standard InChI is InChI=1S/C13H10N4O2S2/c1-8(18)7-20-13-16-17-11(19)10(14-15-12(17)21-13)9-5-3-2-4-6-9/h2-6H,7H2,1H3. The Kier molecular flexibility index (Phi) is 3.80. The predicted octanol–water partition coefficient (Wildman–Crippen LogP) is 1.89. The summed E-state index contributed by atoms with van der Waals surface area (Å²) in [5.74, 6) is 0.385. The van der Waals surface area contributed by atoms with Crippen molar-refractivity contribution in [3.8, 4) is 11.3 Å². The number of fused-ring (bicyclic) bond motifs is 1. The van der Waals surface area contributed by atoms with Crippen molar-refractivity contribution in [3.63, 3.8) is 0 Å². The lowest BCUT2D eigenvalue weighted by atomic mass is 10.2. The van der Waals surface area contributed by atoms with Gasteiger partial charge in [-0.3, -0.25) is 9.59 Å². The molecule has 6 nitrogen and oxygen atoms in total. The number of ketones is 1. The molecule has 0 saturated carbocycles. The number of thioether (sulfide) groups is 1. The summed E-state index contributed by atoms with van der Waals surface area (Å²) in [6.07, 6.45) is 0. The molecule has 0 atom stereocenters. The minimum absolute atomic E-state index is 0.0580. The molecule has 0 aliphatic heterocycles. The summed E-state index contributed by atoms with van der Waals surface area (Å²) in [4.78, 5) is 23.8. The highest BCUT2D eigenvalue weighted by Crippen LogP contribution is 2.23. The highest BCUT2D eigenvalue weighted by atomic mass is 32.2. The Bertz CT molecular complexity index is 857. The molecule has 2 heterocycles. The number of rotatable bonds is 4. The predicted molar refractivity (Wildman–Crippen MR) is 81.8 cm³/mol. The van der Waals surface area contributed by atoms with E-state index in [4.69, 9.17) is 0 Å². The number of hydrogen-bond donors (Lipinski definition) is 0. The molecule has 0 fully saturated rings. The number of nitrogens with zero attached hydrogens (tertiary/aromatic N) is 4. The SMILES string of the molecule is CC(=O)CSc1nn2c(=O)c(-c3ccccc3)nnc2s1. The number of aromatic nitrogens is 4. The maximum atomic E-state index is 12.4. The van der Waals surface area contributed by atoms with E-state index in [1.807, 2.05) is 18.2 Å². The van der Waals surface area contributed by atoms with Crippen molar-refractivity contribution in [2.24, 2.45) is 0 Å². The zero-order chi connectivity index (χ0) is 14.8. The molecule has 3 aromatic rings. The second kappa shape index (κ2) is 5.74. The first kappa shape index (κ1) is 13.9. The van der Waals surface area contributed by atoms with Gasteiger partial charge in [0.05, 0.1) is 5.75 Å². The third kappa shape index (κ3) is 2.86. The summed E-state index contributed by atoms with van der Waals surface area (Å²) >= 11 is 2.54. The van der Waals surface area contributed by atoms with E-state index in [-0.39, 0.29) is 17.0 Å². The van der Waals surface area contributed by atoms with Crippen molar-refractivity contribution in [3.05, 3.63) is 40.7 Å². The van der Waals surface area contributed by atoms with E-state index in [1.165, 1.54) is 34.5 Å². The Morgan fingerprint density at radius 3 is 2.76 bits per heavy atom. The Hall–Kier alpha value is -2.06. The second-order valence-electron chi connectivity index (χ2n) is 4.27. The lowest BCUT2D eigenvalue weighted by Gasteiger charge is -1.97. The first-order valence-corrected chi connectivity index (χ1v) is 7.89. The van der Waals surface area contributed by atoms with Crippen LogP contribution in [0.3, 0.4) is 0 Å². The minimum atomic E-state index is -0.308. The third-order valence-corrected chi connectivity index (χ3v) is 4.79. The maximum Gasteiger partial charge on any atom is 0.302 e. The molecular formula is C13H10N4O2S2. The van der Waals surface area contributed by atoms with Crippen molar-refractivity contribution in [2.75, 3.05) is 5.75 Å². The summed E-state index contributed by atoms with van der Waals surface area (Å²) in [5, 5.41) is 12.2. The van der Waals surface area contributed by atoms with E-state index < -0.39 is 0 Å². The van der Waals surface area contributed by atoms with E-state index in [2.05, 4.69) is 15.3 Å². The van der Waals surface area contributed by atoms with Crippen LogP contribution in [0.2, 0.25) is 0 Å². The van der Waals surface area contributed by atoms with Gasteiger partial charge in [-0.1, -0.05) is 53.4 Å². The average Bonchev–Trinajstić information content (AvgIpc) is 2.90. The van der Waals surface area contributed by atoms with Gasteiger partial charge in [0.2, 0.25) is 4.96 Å². The number of benzene rings is 1. The van der Waals surface area contributed by atoms with Crippen LogP contribution in [0.1, 0.15) is 6.92 Å². The largest absolute Gasteiger partial charge is 0.302 e. The molecule has 0 aliphatic carbocycles. The second-order valence-corrected chi connectivity index (χ2v) is 6.45. The molecule has 0 unspecified atom stereocenters. The van der Waals surface area contributed by atoms with Gasteiger partial charge in [-0.05, 0) is 6.92 Å². The molecule has 106 valence electrons. The average molecular weight is 318 g/mol. The smallest absolute Gasteiger partial charge is 0.299 e. The first-order chi connectivity index (χ1) is 10.1. The molecule has 0 aliphatic rings. The van der Waals surface area contributed by atoms with E-state index in [0.29, 0.717) is 20.6 Å². The van der Waals surface area contributed by atoms with Crippen molar-refractivity contribution < 1.29 is 4.79 Å². The van der Waals surface area contributed by atoms with E-state index in [9.17, 15) is 9.59 Å². The number of carbonyl (C=O) groups is 1. The summed E-state index contributed by atoms with van der Waals surface area (Å²) in [6.45, 7) is 1.51. The molecule has 0 saturated heterocycles. The lowest BCUT2D eigenvalue weighted by molar-refractivity contribution is -0.114. The van der Waals surface area contributed by atoms with Crippen LogP contribution in [-0.2, 0) is 4.79 Å². The van der Waals surface area contributed by atoms with Crippen LogP contribution in [0.5, 0.6) is 0 Å². The molecule has 1 aromatic carbocycles. The van der Waals surface area contributed by atoms with Crippen LogP contribution in [-0.4, -0.2) is 31.3 Å². The number of Topliss-reactive ketones (excluding diaryl/α,β-unsaturated/α-hetero) is 1. The Balaban J connectivity index is 2.05. The zero-order valence-corrected chi connectivity index (χ0v) is 12.6. The highest BCUT2D eigenvalue weighted by Gasteiger charge is 2.13. The first-order valence-electron chi connectivity index (χ1n) is 6.09. The molecule has 0 N–H and O–H groups in total. The van der Waals surface area contributed by atoms with Gasteiger partial charge in [0.1, 0.15) is 5.78 Å². The zero-order valence-electron chi connectivity index (χ0n) is 11.0. The summed E-state index contributed by atoms with van der Waals surface area (Å²) in [6, 6.07) is 9.14. The number of hydrogen-bond acceptors (Lipinski definition) is 7. The molecule has 0 amide bonds. The Morgan fingerprint density at radius 2 is 2.05 bits per heavy atom. The molecule has 8 heteroatoms.